The van der Waals surface area contributed by atoms with Gasteiger partial charge in [-0.05, 0) is 29.3 Å². The van der Waals surface area contributed by atoms with Crippen LogP contribution in [0.5, 0.6) is 0 Å². The summed E-state index contributed by atoms with van der Waals surface area (Å²) in [7, 11) is 3.70. The van der Waals surface area contributed by atoms with E-state index < -0.39 is 0 Å². The number of hydrogen-bond acceptors (Lipinski definition) is 5. The van der Waals surface area contributed by atoms with Crippen molar-refractivity contribution in [1.29, 1.82) is 0 Å². The van der Waals surface area contributed by atoms with Crippen molar-refractivity contribution in [3.05, 3.63) is 10.7 Å². The van der Waals surface area contributed by atoms with Crippen molar-refractivity contribution < 1.29 is 4.74 Å². The lowest BCUT2D eigenvalue weighted by atomic mass is 10.3. The second kappa shape index (κ2) is 7.53. The Balaban J connectivity index is 2.85. The van der Waals surface area contributed by atoms with E-state index in [9.17, 15) is 0 Å². The zero-order chi connectivity index (χ0) is 13.5. The van der Waals surface area contributed by atoms with Crippen LogP contribution in [0.1, 0.15) is 20.3 Å². The largest absolute Gasteiger partial charge is 0.383 e. The highest BCUT2D eigenvalue weighted by Crippen LogP contribution is 2.24. The summed E-state index contributed by atoms with van der Waals surface area (Å²) in [4.78, 5) is 10.8. The summed E-state index contributed by atoms with van der Waals surface area (Å²) in [5.74, 6) is 1.53. The van der Waals surface area contributed by atoms with Gasteiger partial charge in [0.1, 0.15) is 5.82 Å². The van der Waals surface area contributed by atoms with Crippen LogP contribution in [0.3, 0.4) is 0 Å². The summed E-state index contributed by atoms with van der Waals surface area (Å²) in [5, 5.41) is 3.19. The Labute approximate surface area is 117 Å². The third-order valence-corrected chi connectivity index (χ3v) is 3.22. The van der Waals surface area contributed by atoms with E-state index in [0.29, 0.717) is 12.6 Å². The predicted molar refractivity (Wildman–Crippen MR) is 78.3 cm³/mol. The van der Waals surface area contributed by atoms with Gasteiger partial charge in [0.05, 0.1) is 17.1 Å². The number of methoxy groups -OCH3 is 1. The minimum Gasteiger partial charge on any atom is -0.383 e. The molecule has 6 heteroatoms. The number of ether oxygens (including phenoxy) is 1. The summed E-state index contributed by atoms with van der Waals surface area (Å²) in [5.41, 5.74) is 0. The van der Waals surface area contributed by atoms with Gasteiger partial charge in [0.15, 0.2) is 0 Å². The van der Waals surface area contributed by atoms with E-state index in [1.54, 1.807) is 13.3 Å². The van der Waals surface area contributed by atoms with Crippen LogP contribution in [-0.4, -0.2) is 43.3 Å². The zero-order valence-corrected chi connectivity index (χ0v) is 13.0. The molecule has 1 aromatic rings. The smallest absolute Gasteiger partial charge is 0.224 e. The normalized spacial score (nSPS) is 12.3. The molecule has 5 nitrogen and oxygen atoms in total. The fraction of sp³-hybridized carbons (Fsp3) is 0.667. The molecular formula is C12H21BrN4O. The van der Waals surface area contributed by atoms with Crippen molar-refractivity contribution in [2.24, 2.45) is 0 Å². The van der Waals surface area contributed by atoms with Gasteiger partial charge in [0.25, 0.3) is 0 Å². The van der Waals surface area contributed by atoms with Crippen molar-refractivity contribution in [1.82, 2.24) is 9.97 Å². The summed E-state index contributed by atoms with van der Waals surface area (Å²) in [6.45, 7) is 5.74. The highest BCUT2D eigenvalue weighted by Gasteiger charge is 2.15. The summed E-state index contributed by atoms with van der Waals surface area (Å²) >= 11 is 3.48. The van der Waals surface area contributed by atoms with Crippen LogP contribution in [0.2, 0.25) is 0 Å². The molecule has 0 saturated heterocycles. The third-order valence-electron chi connectivity index (χ3n) is 2.66. The maximum atomic E-state index is 5.17. The number of anilines is 2. The molecule has 1 rings (SSSR count). The van der Waals surface area contributed by atoms with Crippen LogP contribution in [-0.2, 0) is 4.74 Å². The first-order chi connectivity index (χ1) is 8.60. The fourth-order valence-electron chi connectivity index (χ4n) is 1.49. The molecule has 1 aromatic heterocycles. The van der Waals surface area contributed by atoms with Crippen LogP contribution in [0.4, 0.5) is 11.8 Å². The summed E-state index contributed by atoms with van der Waals surface area (Å²) < 4.78 is 6.05. The maximum Gasteiger partial charge on any atom is 0.224 e. The van der Waals surface area contributed by atoms with Gasteiger partial charge in [0.2, 0.25) is 5.95 Å². The van der Waals surface area contributed by atoms with Crippen LogP contribution in [0, 0.1) is 0 Å². The minimum absolute atomic E-state index is 0.250. The van der Waals surface area contributed by atoms with E-state index in [0.717, 1.165) is 23.3 Å². The number of aromatic nitrogens is 2. The molecule has 1 atom stereocenters. The van der Waals surface area contributed by atoms with Gasteiger partial charge in [-0.2, -0.15) is 4.98 Å². The zero-order valence-electron chi connectivity index (χ0n) is 11.4. The van der Waals surface area contributed by atoms with E-state index in [2.05, 4.69) is 50.0 Å². The highest BCUT2D eigenvalue weighted by molar-refractivity contribution is 9.10. The number of nitrogens with zero attached hydrogens (tertiary/aromatic N) is 3. The first-order valence-corrected chi connectivity index (χ1v) is 6.87. The van der Waals surface area contributed by atoms with Gasteiger partial charge in [-0.1, -0.05) is 6.92 Å². The molecule has 0 radical (unpaired) electrons. The molecule has 18 heavy (non-hydrogen) atoms. The van der Waals surface area contributed by atoms with Crippen molar-refractivity contribution in [3.8, 4) is 0 Å². The first kappa shape index (κ1) is 15.2. The predicted octanol–water partition coefficient (Wildman–Crippen LogP) is 2.53. The molecule has 0 aromatic carbocycles. The topological polar surface area (TPSA) is 50.3 Å². The van der Waals surface area contributed by atoms with Gasteiger partial charge in [-0.15, -0.1) is 0 Å². The molecule has 0 aliphatic carbocycles. The second-order valence-electron chi connectivity index (χ2n) is 4.21. The van der Waals surface area contributed by atoms with E-state index in [1.165, 1.54) is 0 Å². The van der Waals surface area contributed by atoms with Crippen molar-refractivity contribution >= 4 is 27.7 Å². The highest BCUT2D eigenvalue weighted by atomic mass is 79.9. The molecule has 0 amide bonds. The molecule has 0 bridgehead atoms. The number of rotatable bonds is 7. The van der Waals surface area contributed by atoms with E-state index in [4.69, 9.17) is 4.74 Å². The Hall–Kier alpha value is -0.880. The molecule has 0 spiro atoms. The standard InChI is InChI=1S/C12H21BrN4O/c1-5-6-14-12-15-7-10(13)11(16-12)17(3)9(2)8-18-4/h7,9H,5-6,8H2,1-4H3,(H,14,15,16). The Bertz CT molecular complexity index is 375. The number of likely N-dealkylation sites (N-methyl/N-ethyl adjacent to an activating group) is 1. The van der Waals surface area contributed by atoms with Crippen molar-refractivity contribution in [2.45, 2.75) is 26.3 Å². The monoisotopic (exact) mass is 316 g/mol. The van der Waals surface area contributed by atoms with Gasteiger partial charge in [-0.25, -0.2) is 4.98 Å². The molecule has 0 saturated carbocycles. The SMILES string of the molecule is CCCNc1ncc(Br)c(N(C)C(C)COC)n1. The minimum atomic E-state index is 0.250. The maximum absolute atomic E-state index is 5.17. The molecule has 1 N–H and O–H groups in total. The number of hydrogen-bond donors (Lipinski definition) is 1. The van der Waals surface area contributed by atoms with E-state index in [-0.39, 0.29) is 6.04 Å². The molecule has 102 valence electrons. The van der Waals surface area contributed by atoms with Gasteiger partial charge in [0, 0.05) is 26.9 Å². The molecule has 0 fully saturated rings. The summed E-state index contributed by atoms with van der Waals surface area (Å²) in [6.07, 6.45) is 2.82. The van der Waals surface area contributed by atoms with Gasteiger partial charge < -0.3 is 15.0 Å². The lowest BCUT2D eigenvalue weighted by Gasteiger charge is -2.26. The Morgan fingerprint density at radius 3 is 2.89 bits per heavy atom. The lowest BCUT2D eigenvalue weighted by molar-refractivity contribution is 0.183. The Morgan fingerprint density at radius 2 is 2.28 bits per heavy atom. The van der Waals surface area contributed by atoms with E-state index in [1.807, 2.05) is 7.05 Å². The molecule has 0 aliphatic heterocycles. The van der Waals surface area contributed by atoms with Gasteiger partial charge >= 0.3 is 0 Å². The van der Waals surface area contributed by atoms with Gasteiger partial charge in [-0.3, -0.25) is 0 Å². The molecular weight excluding hydrogens is 296 g/mol. The summed E-state index contributed by atoms with van der Waals surface area (Å²) in [6, 6.07) is 0.250. The Kier molecular flexibility index (Phi) is 6.35. The fourth-order valence-corrected chi connectivity index (χ4v) is 1.96. The lowest BCUT2D eigenvalue weighted by Crippen LogP contribution is -2.33. The third kappa shape index (κ3) is 4.10. The van der Waals surface area contributed by atoms with Crippen molar-refractivity contribution in [3.63, 3.8) is 0 Å². The number of halogens is 1. The number of nitrogens with one attached hydrogen (secondary N) is 1. The van der Waals surface area contributed by atoms with Crippen molar-refractivity contribution in [2.75, 3.05) is 37.5 Å². The Morgan fingerprint density at radius 1 is 1.56 bits per heavy atom. The van der Waals surface area contributed by atoms with Crippen LogP contribution < -0.4 is 10.2 Å². The van der Waals surface area contributed by atoms with Crippen LogP contribution in [0.15, 0.2) is 10.7 Å². The van der Waals surface area contributed by atoms with Crippen LogP contribution in [0.25, 0.3) is 0 Å². The quantitative estimate of drug-likeness (QED) is 0.837. The van der Waals surface area contributed by atoms with Crippen LogP contribution >= 0.6 is 15.9 Å². The average Bonchev–Trinajstić information content (AvgIpc) is 2.37. The first-order valence-electron chi connectivity index (χ1n) is 6.08. The molecule has 1 unspecified atom stereocenters. The average molecular weight is 317 g/mol. The molecule has 0 aliphatic rings. The second-order valence-corrected chi connectivity index (χ2v) is 5.06. The molecule has 1 heterocycles. The van der Waals surface area contributed by atoms with E-state index >= 15 is 0 Å².